The number of amides is 1. The minimum absolute atomic E-state index is 0.113. The van der Waals surface area contributed by atoms with E-state index in [1.807, 2.05) is 60.9 Å². The van der Waals surface area contributed by atoms with E-state index in [0.717, 1.165) is 40.4 Å². The number of hydrogen-bond donors (Lipinski definition) is 1. The van der Waals surface area contributed by atoms with Crippen LogP contribution in [0.2, 0.25) is 5.02 Å². The first-order valence-electron chi connectivity index (χ1n) is 11.5. The third-order valence-corrected chi connectivity index (χ3v) is 8.44. The van der Waals surface area contributed by atoms with Crippen molar-refractivity contribution in [2.75, 3.05) is 19.1 Å². The van der Waals surface area contributed by atoms with Gasteiger partial charge in [-0.3, -0.25) is 4.79 Å². The average Bonchev–Trinajstić information content (AvgIpc) is 3.70. The van der Waals surface area contributed by atoms with Crippen molar-refractivity contribution in [2.45, 2.75) is 25.2 Å². The van der Waals surface area contributed by atoms with Crippen LogP contribution in [0.3, 0.4) is 0 Å². The topological polar surface area (TPSA) is 61.4 Å². The van der Waals surface area contributed by atoms with Gasteiger partial charge < -0.3 is 14.6 Å². The lowest BCUT2D eigenvalue weighted by molar-refractivity contribution is 0.0954. The Hall–Kier alpha value is -2.38. The Balaban J connectivity index is 1.38. The summed E-state index contributed by atoms with van der Waals surface area (Å²) in [6.07, 6.45) is 8.66. The molecule has 0 bridgehead atoms. The minimum Gasteiger partial charge on any atom is -0.611 e. The summed E-state index contributed by atoms with van der Waals surface area (Å²) in [4.78, 5) is 12.5. The molecule has 1 atom stereocenters. The smallest absolute Gasteiger partial charge is 0.251 e. The van der Waals surface area contributed by atoms with Crippen molar-refractivity contribution in [1.82, 2.24) is 5.32 Å². The first-order chi connectivity index (χ1) is 16.9. The summed E-state index contributed by atoms with van der Waals surface area (Å²) in [6, 6.07) is 21.0. The number of nitrogens with one attached hydrogen (secondary N) is 1. The average molecular weight is 526 g/mol. The number of carbonyl (C=O) groups excluding carboxylic acids is 1. The van der Waals surface area contributed by atoms with Crippen LogP contribution in [0.1, 0.15) is 45.8 Å². The Morgan fingerprint density at radius 3 is 2.49 bits per heavy atom. The molecule has 0 saturated heterocycles. The van der Waals surface area contributed by atoms with Gasteiger partial charge in [0.2, 0.25) is 0 Å². The highest BCUT2D eigenvalue weighted by molar-refractivity contribution is 8.18. The molecule has 1 fully saturated rings. The maximum atomic E-state index is 12.5. The third-order valence-electron chi connectivity index (χ3n) is 5.78. The normalized spacial score (nSPS) is 14.5. The number of ether oxygens (including phenoxy) is 1. The lowest BCUT2D eigenvalue weighted by Crippen LogP contribution is -2.25. The molecule has 182 valence electrons. The van der Waals surface area contributed by atoms with Crippen LogP contribution in [0, 0.1) is 0 Å². The van der Waals surface area contributed by atoms with Crippen molar-refractivity contribution in [3.8, 4) is 11.5 Å². The number of halogens is 1. The summed E-state index contributed by atoms with van der Waals surface area (Å²) in [5, 5.41) is 3.66. The van der Waals surface area contributed by atoms with Crippen molar-refractivity contribution in [2.24, 2.45) is 0 Å². The van der Waals surface area contributed by atoms with E-state index < -0.39 is 11.2 Å². The second kappa shape index (κ2) is 12.0. The van der Waals surface area contributed by atoms with E-state index in [9.17, 15) is 9.35 Å². The van der Waals surface area contributed by atoms with Gasteiger partial charge in [0.25, 0.3) is 5.91 Å². The first-order valence-corrected chi connectivity index (χ1v) is 14.6. The zero-order valence-corrected chi connectivity index (χ0v) is 22.1. The fourth-order valence-corrected chi connectivity index (χ4v) is 5.35. The van der Waals surface area contributed by atoms with E-state index in [-0.39, 0.29) is 5.91 Å². The largest absolute Gasteiger partial charge is 0.611 e. The van der Waals surface area contributed by atoms with Gasteiger partial charge in [0.15, 0.2) is 4.24 Å². The van der Waals surface area contributed by atoms with Crippen LogP contribution >= 0.6 is 23.4 Å². The predicted octanol–water partition coefficient (Wildman–Crippen LogP) is 7.02. The molecule has 7 heteroatoms. The van der Waals surface area contributed by atoms with Gasteiger partial charge in [0.1, 0.15) is 17.8 Å². The molecular formula is C28H28ClNO3S2. The summed E-state index contributed by atoms with van der Waals surface area (Å²) in [6.45, 7) is 0.550. The van der Waals surface area contributed by atoms with Crippen LogP contribution in [0.4, 0.5) is 0 Å². The first kappa shape index (κ1) is 25.7. The highest BCUT2D eigenvalue weighted by atomic mass is 35.5. The Kier molecular flexibility index (Phi) is 8.84. The summed E-state index contributed by atoms with van der Waals surface area (Å²) >= 11 is 6.42. The molecule has 0 spiro atoms. The molecule has 1 unspecified atom stereocenters. The van der Waals surface area contributed by atoms with Gasteiger partial charge >= 0.3 is 0 Å². The highest BCUT2D eigenvalue weighted by Crippen LogP contribution is 2.46. The monoisotopic (exact) mass is 525 g/mol. The van der Waals surface area contributed by atoms with E-state index in [1.165, 1.54) is 17.3 Å². The maximum Gasteiger partial charge on any atom is 0.251 e. The Bertz CT molecular complexity index is 1190. The molecule has 1 saturated carbocycles. The predicted molar refractivity (Wildman–Crippen MR) is 148 cm³/mol. The second-order valence-electron chi connectivity index (χ2n) is 8.45. The maximum absolute atomic E-state index is 12.5. The fraction of sp³-hybridized carbons (Fsp3) is 0.250. The molecule has 1 aliphatic rings. The van der Waals surface area contributed by atoms with Gasteiger partial charge in [-0.2, -0.15) is 0 Å². The van der Waals surface area contributed by atoms with Gasteiger partial charge in [0.05, 0.1) is 0 Å². The second-order valence-corrected chi connectivity index (χ2v) is 11.3. The van der Waals surface area contributed by atoms with Gasteiger partial charge in [-0.05, 0) is 108 Å². The van der Waals surface area contributed by atoms with Crippen molar-refractivity contribution >= 4 is 46.5 Å². The molecule has 1 amide bonds. The van der Waals surface area contributed by atoms with Gasteiger partial charge in [-0.15, -0.1) is 0 Å². The lowest BCUT2D eigenvalue weighted by Gasteiger charge is -2.13. The van der Waals surface area contributed by atoms with Gasteiger partial charge in [0, 0.05) is 23.2 Å². The summed E-state index contributed by atoms with van der Waals surface area (Å²) < 4.78 is 18.9. The van der Waals surface area contributed by atoms with Crippen LogP contribution < -0.4 is 10.1 Å². The molecule has 1 N–H and O–H groups in total. The summed E-state index contributed by atoms with van der Waals surface area (Å²) in [5.74, 6) is 1.90. The van der Waals surface area contributed by atoms with Gasteiger partial charge in [-0.1, -0.05) is 41.6 Å². The number of hydrogen-bond acceptors (Lipinski definition) is 4. The van der Waals surface area contributed by atoms with Crippen molar-refractivity contribution in [3.63, 3.8) is 0 Å². The molecule has 4 nitrogen and oxygen atoms in total. The Labute approximate surface area is 219 Å². The quantitative estimate of drug-likeness (QED) is 0.289. The van der Waals surface area contributed by atoms with Crippen molar-refractivity contribution in [3.05, 3.63) is 98.2 Å². The lowest BCUT2D eigenvalue weighted by atomic mass is 10.1. The molecule has 4 rings (SSSR count). The van der Waals surface area contributed by atoms with Crippen LogP contribution in [0.15, 0.2) is 71.0 Å². The molecule has 1 aliphatic carbocycles. The van der Waals surface area contributed by atoms with E-state index in [1.54, 1.807) is 18.4 Å². The molecule has 0 aliphatic heterocycles. The number of carbonyl (C=O) groups is 1. The Morgan fingerprint density at radius 2 is 1.86 bits per heavy atom. The molecule has 0 radical (unpaired) electrons. The molecule has 0 heterocycles. The van der Waals surface area contributed by atoms with E-state index in [4.69, 9.17) is 16.3 Å². The van der Waals surface area contributed by atoms with E-state index in [0.29, 0.717) is 28.8 Å². The molecule has 3 aromatic rings. The molecular weight excluding hydrogens is 498 g/mol. The third kappa shape index (κ3) is 7.31. The van der Waals surface area contributed by atoms with Crippen LogP contribution in [0.5, 0.6) is 11.5 Å². The Morgan fingerprint density at radius 1 is 1.14 bits per heavy atom. The molecule has 0 aromatic heterocycles. The van der Waals surface area contributed by atoms with Crippen LogP contribution in [0.25, 0.3) is 6.08 Å². The SMILES string of the molecule is CSC(=Cc1ccc(Oc2ccc(C(=O)NCCc3ccc(Cl)cc3)cc2)c(C2CC2)c1)[S+](C)[O-]. The highest BCUT2D eigenvalue weighted by Gasteiger charge is 2.27. The summed E-state index contributed by atoms with van der Waals surface area (Å²) in [7, 11) is 0. The zero-order chi connectivity index (χ0) is 24.8. The molecule has 35 heavy (non-hydrogen) atoms. The minimum atomic E-state index is -1.01. The van der Waals surface area contributed by atoms with Crippen LogP contribution in [-0.2, 0) is 17.6 Å². The fourth-order valence-electron chi connectivity index (χ4n) is 3.73. The van der Waals surface area contributed by atoms with E-state index in [2.05, 4.69) is 11.4 Å². The van der Waals surface area contributed by atoms with E-state index >= 15 is 0 Å². The number of benzene rings is 3. The van der Waals surface area contributed by atoms with Gasteiger partial charge in [-0.25, -0.2) is 0 Å². The van der Waals surface area contributed by atoms with Crippen molar-refractivity contribution < 1.29 is 14.1 Å². The van der Waals surface area contributed by atoms with Crippen LogP contribution in [-0.4, -0.2) is 29.5 Å². The summed E-state index contributed by atoms with van der Waals surface area (Å²) in [5.41, 5.74) is 3.92. The zero-order valence-electron chi connectivity index (χ0n) is 19.8. The number of thioether (sulfide) groups is 1. The van der Waals surface area contributed by atoms with Crippen molar-refractivity contribution in [1.29, 1.82) is 0 Å². The standard InChI is InChI=1S/C28H28ClNO3S2/c1-34-27(35(2)32)18-20-5-14-26(25(17-20)21-6-7-21)33-24-12-8-22(9-13-24)28(31)30-16-15-19-3-10-23(29)11-4-19/h3-5,8-14,17-18,21H,6-7,15-16H2,1-2H3,(H,30,31). The molecule has 3 aromatic carbocycles. The number of rotatable bonds is 10.